The molecule has 2 atom stereocenters. The Balaban J connectivity index is 1.76. The van der Waals surface area contributed by atoms with Gasteiger partial charge in [-0.3, -0.25) is 4.98 Å². The second kappa shape index (κ2) is 8.54. The van der Waals surface area contributed by atoms with Gasteiger partial charge >= 0.3 is 7.12 Å². The maximum Gasteiger partial charge on any atom is 0.494 e. The van der Waals surface area contributed by atoms with E-state index in [4.69, 9.17) is 14.3 Å². The zero-order valence-electron chi connectivity index (χ0n) is 22.2. The fraction of sp³-hybridized carbons (Fsp3) is 0.621. The predicted octanol–water partition coefficient (Wildman–Crippen LogP) is 6.89. The third kappa shape index (κ3) is 4.79. The summed E-state index contributed by atoms with van der Waals surface area (Å²) in [5.74, 6) is 2.03. The Bertz CT molecular complexity index is 981. The monoisotopic (exact) mass is 447 g/mol. The Morgan fingerprint density at radius 2 is 1.52 bits per heavy atom. The minimum absolute atomic E-state index is 0.0123. The number of aromatic nitrogens is 1. The van der Waals surface area contributed by atoms with Crippen molar-refractivity contribution >= 4 is 12.6 Å². The van der Waals surface area contributed by atoms with Gasteiger partial charge in [-0.05, 0) is 85.7 Å². The van der Waals surface area contributed by atoms with Gasteiger partial charge in [0.15, 0.2) is 0 Å². The van der Waals surface area contributed by atoms with Crippen LogP contribution in [0.15, 0.2) is 36.5 Å². The Hall–Kier alpha value is -1.65. The summed E-state index contributed by atoms with van der Waals surface area (Å²) in [5.41, 5.74) is 5.25. The lowest BCUT2D eigenvalue weighted by molar-refractivity contribution is 0.00578. The number of pyridine rings is 1. The number of rotatable bonds is 3. The zero-order chi connectivity index (χ0) is 24.2. The Labute approximate surface area is 201 Å². The first-order valence-electron chi connectivity index (χ1n) is 12.8. The van der Waals surface area contributed by atoms with Crippen molar-refractivity contribution in [3.05, 3.63) is 47.7 Å². The SMILES string of the molecule is CC1CCCC(C)C1c1ccnc(-c2cc(B3OC(C)(C)C(C)(C)O3)cc(C(C)(C)C)c2)c1. The Morgan fingerprint density at radius 3 is 2.09 bits per heavy atom. The third-order valence-electron chi connectivity index (χ3n) is 8.36. The molecule has 1 saturated carbocycles. The van der Waals surface area contributed by atoms with E-state index >= 15 is 0 Å². The topological polar surface area (TPSA) is 31.4 Å². The quantitative estimate of drug-likeness (QED) is 0.481. The molecule has 0 spiro atoms. The van der Waals surface area contributed by atoms with E-state index in [2.05, 4.69) is 92.6 Å². The van der Waals surface area contributed by atoms with Gasteiger partial charge in [-0.25, -0.2) is 0 Å². The lowest BCUT2D eigenvalue weighted by Crippen LogP contribution is -2.41. The van der Waals surface area contributed by atoms with Gasteiger partial charge in [-0.1, -0.05) is 66.0 Å². The first kappa shape index (κ1) is 24.5. The molecule has 0 bridgehead atoms. The molecule has 4 heteroatoms. The van der Waals surface area contributed by atoms with Crippen LogP contribution in [0.5, 0.6) is 0 Å². The van der Waals surface area contributed by atoms with Crippen LogP contribution in [0.4, 0.5) is 0 Å². The first-order chi connectivity index (χ1) is 15.3. The van der Waals surface area contributed by atoms with Crippen molar-refractivity contribution in [2.75, 3.05) is 0 Å². The average molecular weight is 447 g/mol. The standard InChI is InChI=1S/C29H42BNO2/c1-19-11-10-12-20(2)26(19)21-13-14-31-25(17-21)22-15-23(27(3,4)5)18-24(16-22)30-32-28(6,7)29(8,9)33-30/h13-20,26H,10-12H2,1-9H3. The summed E-state index contributed by atoms with van der Waals surface area (Å²) in [4.78, 5) is 4.82. The lowest BCUT2D eigenvalue weighted by Gasteiger charge is -2.35. The summed E-state index contributed by atoms with van der Waals surface area (Å²) in [6.07, 6.45) is 5.98. The molecule has 3 nitrogen and oxygen atoms in total. The van der Waals surface area contributed by atoms with E-state index in [9.17, 15) is 0 Å². The van der Waals surface area contributed by atoms with E-state index in [1.165, 1.54) is 30.4 Å². The van der Waals surface area contributed by atoms with Crippen molar-refractivity contribution in [2.24, 2.45) is 11.8 Å². The van der Waals surface area contributed by atoms with Crippen LogP contribution >= 0.6 is 0 Å². The summed E-state index contributed by atoms with van der Waals surface area (Å²) in [6, 6.07) is 11.3. The fourth-order valence-corrected chi connectivity index (χ4v) is 5.50. The molecule has 0 radical (unpaired) electrons. The Kier molecular flexibility index (Phi) is 6.33. The largest absolute Gasteiger partial charge is 0.494 e. The molecule has 33 heavy (non-hydrogen) atoms. The molecule has 2 aliphatic rings. The molecule has 2 fully saturated rings. The molecule has 1 aromatic heterocycles. The van der Waals surface area contributed by atoms with Crippen molar-refractivity contribution in [2.45, 2.75) is 104 Å². The summed E-state index contributed by atoms with van der Waals surface area (Å²) < 4.78 is 12.8. The van der Waals surface area contributed by atoms with Crippen molar-refractivity contribution in [1.29, 1.82) is 0 Å². The molecule has 2 unspecified atom stereocenters. The molecule has 2 aromatic rings. The highest BCUT2D eigenvalue weighted by molar-refractivity contribution is 6.62. The van der Waals surface area contributed by atoms with Crippen LogP contribution in [0.2, 0.25) is 0 Å². The molecular weight excluding hydrogens is 405 g/mol. The molecule has 1 saturated heterocycles. The van der Waals surface area contributed by atoms with Crippen LogP contribution < -0.4 is 5.46 Å². The smallest absolute Gasteiger partial charge is 0.399 e. The molecule has 4 rings (SSSR count). The number of hydrogen-bond acceptors (Lipinski definition) is 3. The minimum atomic E-state index is -0.377. The number of hydrogen-bond donors (Lipinski definition) is 0. The molecule has 1 aliphatic carbocycles. The second-order valence-corrected chi connectivity index (χ2v) is 12.6. The average Bonchev–Trinajstić information content (AvgIpc) is 2.94. The highest BCUT2D eigenvalue weighted by Crippen LogP contribution is 2.42. The molecule has 0 amide bonds. The van der Waals surface area contributed by atoms with Crippen molar-refractivity contribution < 1.29 is 9.31 Å². The molecule has 178 valence electrons. The molecule has 1 aliphatic heterocycles. The highest BCUT2D eigenvalue weighted by Gasteiger charge is 2.51. The molecule has 2 heterocycles. The summed E-state index contributed by atoms with van der Waals surface area (Å²) in [5, 5.41) is 0. The summed E-state index contributed by atoms with van der Waals surface area (Å²) >= 11 is 0. The first-order valence-corrected chi connectivity index (χ1v) is 12.8. The van der Waals surface area contributed by atoms with Crippen LogP contribution in [0.25, 0.3) is 11.3 Å². The summed E-state index contributed by atoms with van der Waals surface area (Å²) in [6.45, 7) is 20.0. The van der Waals surface area contributed by atoms with Crippen LogP contribution in [0.3, 0.4) is 0 Å². The van der Waals surface area contributed by atoms with Gasteiger partial charge in [0.2, 0.25) is 0 Å². The maximum absolute atomic E-state index is 6.41. The van der Waals surface area contributed by atoms with Crippen LogP contribution in [0, 0.1) is 11.8 Å². The molecule has 1 aromatic carbocycles. The van der Waals surface area contributed by atoms with Crippen LogP contribution in [0.1, 0.15) is 98.6 Å². The van der Waals surface area contributed by atoms with E-state index in [1.54, 1.807) is 0 Å². The summed E-state index contributed by atoms with van der Waals surface area (Å²) in [7, 11) is -0.377. The fourth-order valence-electron chi connectivity index (χ4n) is 5.50. The number of benzene rings is 1. The molecular formula is C29H42BNO2. The minimum Gasteiger partial charge on any atom is -0.399 e. The van der Waals surface area contributed by atoms with Crippen molar-refractivity contribution in [3.63, 3.8) is 0 Å². The van der Waals surface area contributed by atoms with E-state index in [1.807, 2.05) is 6.20 Å². The van der Waals surface area contributed by atoms with Crippen molar-refractivity contribution in [3.8, 4) is 11.3 Å². The second-order valence-electron chi connectivity index (χ2n) is 12.6. The maximum atomic E-state index is 6.41. The van der Waals surface area contributed by atoms with E-state index in [0.717, 1.165) is 16.7 Å². The molecule has 0 N–H and O–H groups in total. The highest BCUT2D eigenvalue weighted by atomic mass is 16.7. The zero-order valence-corrected chi connectivity index (χ0v) is 22.2. The van der Waals surface area contributed by atoms with Gasteiger partial charge in [0.25, 0.3) is 0 Å². The van der Waals surface area contributed by atoms with E-state index < -0.39 is 0 Å². The predicted molar refractivity (Wildman–Crippen MR) is 139 cm³/mol. The van der Waals surface area contributed by atoms with Gasteiger partial charge in [0, 0.05) is 11.8 Å². The normalized spacial score (nSPS) is 27.1. The van der Waals surface area contributed by atoms with E-state index in [0.29, 0.717) is 17.8 Å². The van der Waals surface area contributed by atoms with Crippen LogP contribution in [-0.2, 0) is 14.7 Å². The lowest BCUT2D eigenvalue weighted by atomic mass is 9.70. The van der Waals surface area contributed by atoms with Crippen LogP contribution in [-0.4, -0.2) is 23.3 Å². The van der Waals surface area contributed by atoms with Gasteiger partial charge in [0.1, 0.15) is 0 Å². The van der Waals surface area contributed by atoms with Gasteiger partial charge < -0.3 is 9.31 Å². The Morgan fingerprint density at radius 1 is 0.909 bits per heavy atom. The number of nitrogens with zero attached hydrogens (tertiary/aromatic N) is 1. The van der Waals surface area contributed by atoms with Gasteiger partial charge in [-0.2, -0.15) is 0 Å². The van der Waals surface area contributed by atoms with Gasteiger partial charge in [0.05, 0.1) is 16.9 Å². The van der Waals surface area contributed by atoms with Gasteiger partial charge in [-0.15, -0.1) is 0 Å². The van der Waals surface area contributed by atoms with Crippen molar-refractivity contribution in [1.82, 2.24) is 4.98 Å². The third-order valence-corrected chi connectivity index (χ3v) is 8.36. The van der Waals surface area contributed by atoms with E-state index in [-0.39, 0.29) is 23.7 Å².